The van der Waals surface area contributed by atoms with Gasteiger partial charge in [-0.2, -0.15) is 4.31 Å². The predicted molar refractivity (Wildman–Crippen MR) is 176 cm³/mol. The highest BCUT2D eigenvalue weighted by atomic mass is 32.2. The molecule has 0 radical (unpaired) electrons. The molecule has 0 saturated carbocycles. The van der Waals surface area contributed by atoms with Crippen molar-refractivity contribution in [1.82, 2.24) is 4.31 Å². The van der Waals surface area contributed by atoms with Crippen molar-refractivity contribution in [2.24, 2.45) is 0 Å². The number of sulfonamides is 1. The number of rotatable bonds is 6. The molecule has 0 N–H and O–H groups in total. The molecule has 0 bridgehead atoms. The third kappa shape index (κ3) is 4.83. The van der Waals surface area contributed by atoms with Crippen LogP contribution < -0.4 is 0 Å². The lowest BCUT2D eigenvalue weighted by Crippen LogP contribution is -2.48. The van der Waals surface area contributed by atoms with E-state index in [1.165, 1.54) is 4.31 Å². The zero-order chi connectivity index (χ0) is 31.0. The Morgan fingerprint density at radius 2 is 1.36 bits per heavy atom. The van der Waals surface area contributed by atoms with Crippen LogP contribution in [0.5, 0.6) is 0 Å². The average Bonchev–Trinajstić information content (AvgIpc) is 3.23. The van der Waals surface area contributed by atoms with Gasteiger partial charge in [-0.1, -0.05) is 133 Å². The number of nitrogens with zero attached hydrogens (tertiary/aromatic N) is 1. The minimum atomic E-state index is -4.09. The first-order valence-corrected chi connectivity index (χ1v) is 16.3. The van der Waals surface area contributed by atoms with Crippen molar-refractivity contribution >= 4 is 21.6 Å². The summed E-state index contributed by atoms with van der Waals surface area (Å²) in [5, 5.41) is 0. The van der Waals surface area contributed by atoms with Crippen LogP contribution in [0.3, 0.4) is 0 Å². The van der Waals surface area contributed by atoms with Crippen molar-refractivity contribution < 1.29 is 17.9 Å². The zero-order valence-electron chi connectivity index (χ0n) is 24.7. The van der Waals surface area contributed by atoms with Crippen molar-refractivity contribution in [2.45, 2.75) is 23.5 Å². The van der Waals surface area contributed by atoms with Crippen LogP contribution in [0.1, 0.15) is 44.2 Å². The molecule has 222 valence electrons. The lowest BCUT2D eigenvalue weighted by Gasteiger charge is -2.43. The summed E-state index contributed by atoms with van der Waals surface area (Å²) in [6.07, 6.45) is 3.81. The molecule has 0 amide bonds. The highest BCUT2D eigenvalue weighted by molar-refractivity contribution is 7.89. The second-order valence-electron chi connectivity index (χ2n) is 11.3. The summed E-state index contributed by atoms with van der Waals surface area (Å²) < 4.78 is 37.8. The van der Waals surface area contributed by atoms with Gasteiger partial charge in [-0.25, -0.2) is 13.2 Å². The molecule has 0 saturated heterocycles. The van der Waals surface area contributed by atoms with E-state index in [2.05, 4.69) is 0 Å². The SMILES string of the molecule is Cc1ccc(S(=O)(=O)N2CC=CC3=C(c4ccccc4)c4ccccc4[C@@]3(OC(=O)c3ccccc3)[C@@H]2c2ccccc2)cc1. The van der Waals surface area contributed by atoms with E-state index in [4.69, 9.17) is 4.74 Å². The van der Waals surface area contributed by atoms with Crippen LogP contribution in [0, 0.1) is 6.92 Å². The number of fused-ring (bicyclic) bond motifs is 3. The molecule has 6 heteroatoms. The Kier molecular flexibility index (Phi) is 7.32. The van der Waals surface area contributed by atoms with Crippen LogP contribution in [0.2, 0.25) is 0 Å². The fourth-order valence-corrected chi connectivity index (χ4v) is 8.15. The van der Waals surface area contributed by atoms with E-state index >= 15 is 0 Å². The summed E-state index contributed by atoms with van der Waals surface area (Å²) in [5.74, 6) is -0.541. The summed E-state index contributed by atoms with van der Waals surface area (Å²) in [6, 6.07) is 42.1. The zero-order valence-corrected chi connectivity index (χ0v) is 25.5. The lowest BCUT2D eigenvalue weighted by molar-refractivity contribution is -0.0314. The molecule has 1 heterocycles. The average molecular weight is 610 g/mol. The first-order valence-electron chi connectivity index (χ1n) is 14.9. The number of carbonyl (C=O) groups excluding carboxylic acids is 1. The number of hydrogen-bond acceptors (Lipinski definition) is 4. The van der Waals surface area contributed by atoms with Gasteiger partial charge in [-0.05, 0) is 53.5 Å². The molecule has 1 aliphatic carbocycles. The Labute approximate surface area is 263 Å². The van der Waals surface area contributed by atoms with Gasteiger partial charge in [-0.15, -0.1) is 0 Å². The molecule has 5 aromatic rings. The van der Waals surface area contributed by atoms with E-state index in [-0.39, 0.29) is 11.4 Å². The molecule has 0 spiro atoms. The van der Waals surface area contributed by atoms with Crippen LogP contribution >= 0.6 is 0 Å². The molecule has 0 aromatic heterocycles. The maximum absolute atomic E-state index is 14.7. The quantitative estimate of drug-likeness (QED) is 0.184. The molecule has 0 fully saturated rings. The molecule has 7 rings (SSSR count). The van der Waals surface area contributed by atoms with Gasteiger partial charge >= 0.3 is 5.97 Å². The van der Waals surface area contributed by atoms with Gasteiger partial charge in [0.2, 0.25) is 10.0 Å². The summed E-state index contributed by atoms with van der Waals surface area (Å²) in [5.41, 5.74) is 4.72. The van der Waals surface area contributed by atoms with Crippen LogP contribution in [0.15, 0.2) is 162 Å². The molecular formula is C39H31NO4S. The van der Waals surface area contributed by atoms with Crippen LogP contribution in [-0.2, 0) is 20.4 Å². The summed E-state index contributed by atoms with van der Waals surface area (Å²) in [6.45, 7) is 2.00. The van der Waals surface area contributed by atoms with Gasteiger partial charge in [0.15, 0.2) is 5.60 Å². The number of hydrogen-bond donors (Lipinski definition) is 0. The van der Waals surface area contributed by atoms with Crippen LogP contribution in [0.4, 0.5) is 0 Å². The van der Waals surface area contributed by atoms with Gasteiger partial charge in [0.1, 0.15) is 0 Å². The Morgan fingerprint density at radius 3 is 2.04 bits per heavy atom. The Hall–Kier alpha value is -5.04. The van der Waals surface area contributed by atoms with E-state index < -0.39 is 27.6 Å². The number of ether oxygens (including phenoxy) is 1. The normalized spacial score (nSPS) is 19.4. The molecule has 5 aromatic carbocycles. The van der Waals surface area contributed by atoms with E-state index in [1.54, 1.807) is 48.5 Å². The summed E-state index contributed by atoms with van der Waals surface area (Å²) in [4.78, 5) is 14.4. The number of carbonyl (C=O) groups is 1. The standard InChI is InChI=1S/C39H31NO4S/c1-28-23-25-32(26-24-28)45(42,43)40-27-13-22-35-36(29-14-5-2-6-15-29)33-20-11-12-21-34(33)39(35,37(40)30-16-7-3-8-17-30)44-38(41)31-18-9-4-10-19-31/h2-26,37H,27H2,1H3/t37-,39-/m0/s1. The molecule has 2 aliphatic rings. The summed E-state index contributed by atoms with van der Waals surface area (Å²) in [7, 11) is -4.09. The van der Waals surface area contributed by atoms with E-state index in [1.807, 2.05) is 110 Å². The molecule has 0 unspecified atom stereocenters. The third-order valence-electron chi connectivity index (χ3n) is 8.58. The second kappa shape index (κ2) is 11.5. The minimum absolute atomic E-state index is 0.0775. The molecule has 2 atom stereocenters. The van der Waals surface area contributed by atoms with E-state index in [0.717, 1.165) is 33.4 Å². The molecule has 5 nitrogen and oxygen atoms in total. The van der Waals surface area contributed by atoms with Crippen LogP contribution in [0.25, 0.3) is 5.57 Å². The van der Waals surface area contributed by atoms with E-state index in [9.17, 15) is 13.2 Å². The Bertz CT molecular complexity index is 2040. The maximum Gasteiger partial charge on any atom is 0.339 e. The van der Waals surface area contributed by atoms with Gasteiger partial charge in [0, 0.05) is 17.7 Å². The first-order chi connectivity index (χ1) is 21.9. The van der Waals surface area contributed by atoms with Crippen molar-refractivity contribution in [1.29, 1.82) is 0 Å². The number of esters is 1. The molecular weight excluding hydrogens is 578 g/mol. The van der Waals surface area contributed by atoms with Crippen LogP contribution in [-0.4, -0.2) is 25.2 Å². The van der Waals surface area contributed by atoms with Gasteiger partial charge in [0.05, 0.1) is 16.5 Å². The fraction of sp³-hybridized carbons (Fsp3) is 0.103. The maximum atomic E-state index is 14.7. The van der Waals surface area contributed by atoms with Gasteiger partial charge < -0.3 is 4.74 Å². The van der Waals surface area contributed by atoms with Gasteiger partial charge in [0.25, 0.3) is 0 Å². The largest absolute Gasteiger partial charge is 0.443 e. The smallest absolute Gasteiger partial charge is 0.339 e. The fourth-order valence-electron chi connectivity index (χ4n) is 6.57. The highest BCUT2D eigenvalue weighted by Crippen LogP contribution is 2.59. The van der Waals surface area contributed by atoms with E-state index in [0.29, 0.717) is 11.1 Å². The van der Waals surface area contributed by atoms with Gasteiger partial charge in [-0.3, -0.25) is 0 Å². The van der Waals surface area contributed by atoms with Crippen molar-refractivity contribution in [3.8, 4) is 0 Å². The highest BCUT2D eigenvalue weighted by Gasteiger charge is 2.58. The Morgan fingerprint density at radius 1 is 0.756 bits per heavy atom. The molecule has 45 heavy (non-hydrogen) atoms. The van der Waals surface area contributed by atoms with Crippen molar-refractivity contribution in [2.75, 3.05) is 6.54 Å². The Balaban J connectivity index is 1.57. The minimum Gasteiger partial charge on any atom is -0.443 e. The first kappa shape index (κ1) is 28.7. The monoisotopic (exact) mass is 609 g/mol. The molecule has 1 aliphatic heterocycles. The topological polar surface area (TPSA) is 63.7 Å². The lowest BCUT2D eigenvalue weighted by atomic mass is 9.79. The second-order valence-corrected chi connectivity index (χ2v) is 13.2. The number of aryl methyl sites for hydroxylation is 1. The van der Waals surface area contributed by atoms with Crippen molar-refractivity contribution in [3.63, 3.8) is 0 Å². The number of benzene rings is 5. The summed E-state index contributed by atoms with van der Waals surface area (Å²) >= 11 is 0. The van der Waals surface area contributed by atoms with Crippen molar-refractivity contribution in [3.05, 3.63) is 191 Å². The predicted octanol–water partition coefficient (Wildman–Crippen LogP) is 7.86. The third-order valence-corrected chi connectivity index (χ3v) is 10.4.